The molecule has 1 atom stereocenters. The number of primary amides is 1. The monoisotopic (exact) mass is 413 g/mol. The molecule has 0 saturated carbocycles. The van der Waals surface area contributed by atoms with Crippen LogP contribution in [0, 0.1) is 5.41 Å². The van der Waals surface area contributed by atoms with Gasteiger partial charge in [0, 0.05) is 25.5 Å². The van der Waals surface area contributed by atoms with E-state index in [0.29, 0.717) is 32.4 Å². The molecule has 3 aromatic rings. The molecular formula is C26H27N3O2. The van der Waals surface area contributed by atoms with Crippen LogP contribution in [0.3, 0.4) is 0 Å². The Labute approximate surface area is 182 Å². The zero-order valence-electron chi connectivity index (χ0n) is 17.5. The van der Waals surface area contributed by atoms with Crippen LogP contribution in [0.5, 0.6) is 0 Å². The van der Waals surface area contributed by atoms with E-state index in [0.717, 1.165) is 28.7 Å². The fourth-order valence-corrected chi connectivity index (χ4v) is 4.40. The Morgan fingerprint density at radius 2 is 1.71 bits per heavy atom. The van der Waals surface area contributed by atoms with Gasteiger partial charge in [-0.15, -0.1) is 0 Å². The van der Waals surface area contributed by atoms with Crippen LogP contribution in [0.15, 0.2) is 79.1 Å². The molecule has 1 saturated heterocycles. The fourth-order valence-electron chi connectivity index (χ4n) is 4.40. The highest BCUT2D eigenvalue weighted by atomic mass is 16.2. The SMILES string of the molecule is NC(=O)[C@]1(Cc2ccc(-c3cccnc3)cc2)CCCN(C(=O)Cc2ccccc2)C1. The van der Waals surface area contributed by atoms with Crippen LogP contribution in [0.1, 0.15) is 24.0 Å². The lowest BCUT2D eigenvalue weighted by molar-refractivity contribution is -0.139. The predicted molar refractivity (Wildman–Crippen MR) is 121 cm³/mol. The Bertz CT molecular complexity index is 1040. The minimum atomic E-state index is -0.736. The van der Waals surface area contributed by atoms with E-state index in [9.17, 15) is 9.59 Å². The van der Waals surface area contributed by atoms with Gasteiger partial charge in [-0.25, -0.2) is 0 Å². The first-order valence-corrected chi connectivity index (χ1v) is 10.7. The zero-order chi connectivity index (χ0) is 21.7. The molecule has 4 rings (SSSR count). The Balaban J connectivity index is 1.49. The number of likely N-dealkylation sites (tertiary alicyclic amines) is 1. The normalized spacial score (nSPS) is 18.5. The molecule has 0 bridgehead atoms. The van der Waals surface area contributed by atoms with E-state index >= 15 is 0 Å². The van der Waals surface area contributed by atoms with Crippen LogP contribution in [0.2, 0.25) is 0 Å². The molecule has 1 aromatic heterocycles. The summed E-state index contributed by atoms with van der Waals surface area (Å²) in [6.07, 6.45) is 5.93. The largest absolute Gasteiger partial charge is 0.369 e. The number of amides is 2. The van der Waals surface area contributed by atoms with Crippen LogP contribution in [0.4, 0.5) is 0 Å². The standard InChI is InChI=1S/C26H27N3O2/c27-25(31)26(17-21-9-11-22(12-10-21)23-8-4-14-28-18-23)13-5-15-29(19-26)24(30)16-20-6-2-1-3-7-20/h1-4,6-12,14,18H,5,13,15-17,19H2,(H2,27,31)/t26-/m0/s1. The van der Waals surface area contributed by atoms with Gasteiger partial charge in [-0.1, -0.05) is 60.7 Å². The summed E-state index contributed by atoms with van der Waals surface area (Å²) in [5.41, 5.74) is 9.32. The third kappa shape index (κ3) is 4.82. The lowest BCUT2D eigenvalue weighted by Crippen LogP contribution is -2.53. The van der Waals surface area contributed by atoms with Gasteiger partial charge < -0.3 is 10.6 Å². The van der Waals surface area contributed by atoms with Crippen LogP contribution in [-0.2, 0) is 22.4 Å². The second-order valence-corrected chi connectivity index (χ2v) is 8.34. The van der Waals surface area contributed by atoms with Gasteiger partial charge >= 0.3 is 0 Å². The molecule has 1 aliphatic heterocycles. The van der Waals surface area contributed by atoms with E-state index < -0.39 is 5.41 Å². The van der Waals surface area contributed by atoms with Crippen LogP contribution >= 0.6 is 0 Å². The maximum atomic E-state index is 12.9. The van der Waals surface area contributed by atoms with Gasteiger partial charge in [0.25, 0.3) is 0 Å². The van der Waals surface area contributed by atoms with Crippen molar-refractivity contribution in [1.29, 1.82) is 0 Å². The zero-order valence-corrected chi connectivity index (χ0v) is 17.5. The first kappa shape index (κ1) is 20.8. The van der Waals surface area contributed by atoms with Gasteiger partial charge in [0.1, 0.15) is 0 Å². The number of nitrogens with two attached hydrogens (primary N) is 1. The van der Waals surface area contributed by atoms with Crippen molar-refractivity contribution in [1.82, 2.24) is 9.88 Å². The Morgan fingerprint density at radius 1 is 0.935 bits per heavy atom. The van der Waals surface area contributed by atoms with E-state index in [1.165, 1.54) is 0 Å². The van der Waals surface area contributed by atoms with Crippen molar-refractivity contribution in [2.24, 2.45) is 11.1 Å². The Hall–Kier alpha value is -3.47. The van der Waals surface area contributed by atoms with Crippen LogP contribution in [-0.4, -0.2) is 34.8 Å². The topological polar surface area (TPSA) is 76.3 Å². The summed E-state index contributed by atoms with van der Waals surface area (Å²) in [7, 11) is 0. The quantitative estimate of drug-likeness (QED) is 0.670. The maximum Gasteiger partial charge on any atom is 0.227 e. The second-order valence-electron chi connectivity index (χ2n) is 8.34. The summed E-state index contributed by atoms with van der Waals surface area (Å²) in [6.45, 7) is 1.04. The van der Waals surface area contributed by atoms with E-state index in [1.807, 2.05) is 77.8 Å². The number of pyridine rings is 1. The van der Waals surface area contributed by atoms with Crippen LogP contribution < -0.4 is 5.73 Å². The highest BCUT2D eigenvalue weighted by molar-refractivity contribution is 5.84. The van der Waals surface area contributed by atoms with Gasteiger partial charge in [0.2, 0.25) is 11.8 Å². The number of carbonyl (C=O) groups is 2. The number of nitrogens with zero attached hydrogens (tertiary/aromatic N) is 2. The van der Waals surface area contributed by atoms with Gasteiger partial charge in [-0.3, -0.25) is 14.6 Å². The molecule has 0 spiro atoms. The van der Waals surface area contributed by atoms with Gasteiger partial charge in [-0.2, -0.15) is 0 Å². The maximum absolute atomic E-state index is 12.9. The molecule has 0 unspecified atom stereocenters. The highest BCUT2D eigenvalue weighted by Gasteiger charge is 2.42. The van der Waals surface area contributed by atoms with Crippen molar-refractivity contribution in [2.45, 2.75) is 25.7 Å². The second kappa shape index (κ2) is 9.13. The summed E-state index contributed by atoms with van der Waals surface area (Å²) in [4.78, 5) is 31.4. The van der Waals surface area contributed by atoms with Gasteiger partial charge in [0.15, 0.2) is 0 Å². The van der Waals surface area contributed by atoms with E-state index in [1.54, 1.807) is 6.20 Å². The number of piperidine rings is 1. The number of benzene rings is 2. The number of aromatic nitrogens is 1. The minimum absolute atomic E-state index is 0.0449. The first-order valence-electron chi connectivity index (χ1n) is 10.7. The van der Waals surface area contributed by atoms with Crippen molar-refractivity contribution in [2.75, 3.05) is 13.1 Å². The molecule has 2 N–H and O–H groups in total. The Morgan fingerprint density at radius 3 is 2.39 bits per heavy atom. The summed E-state index contributed by atoms with van der Waals surface area (Å²) in [5, 5.41) is 0. The van der Waals surface area contributed by atoms with Crippen molar-refractivity contribution < 1.29 is 9.59 Å². The molecule has 2 heterocycles. The first-order chi connectivity index (χ1) is 15.1. The molecule has 0 radical (unpaired) electrons. The van der Waals surface area contributed by atoms with E-state index in [-0.39, 0.29) is 11.8 Å². The average Bonchev–Trinajstić information content (AvgIpc) is 2.81. The molecule has 2 amide bonds. The van der Waals surface area contributed by atoms with E-state index in [2.05, 4.69) is 4.98 Å². The van der Waals surface area contributed by atoms with Crippen molar-refractivity contribution in [3.05, 3.63) is 90.3 Å². The molecule has 31 heavy (non-hydrogen) atoms. The molecule has 158 valence electrons. The summed E-state index contributed by atoms with van der Waals surface area (Å²) in [6, 6.07) is 21.8. The van der Waals surface area contributed by atoms with Crippen molar-refractivity contribution in [3.8, 4) is 11.1 Å². The number of hydrogen-bond donors (Lipinski definition) is 1. The number of hydrogen-bond acceptors (Lipinski definition) is 3. The smallest absolute Gasteiger partial charge is 0.227 e. The highest BCUT2D eigenvalue weighted by Crippen LogP contribution is 2.34. The van der Waals surface area contributed by atoms with E-state index in [4.69, 9.17) is 5.73 Å². The predicted octanol–water partition coefficient (Wildman–Crippen LogP) is 3.63. The average molecular weight is 414 g/mol. The van der Waals surface area contributed by atoms with Gasteiger partial charge in [0.05, 0.1) is 11.8 Å². The molecule has 0 aliphatic carbocycles. The summed E-state index contributed by atoms with van der Waals surface area (Å²) >= 11 is 0. The molecule has 1 fully saturated rings. The molecule has 2 aromatic carbocycles. The van der Waals surface area contributed by atoms with Crippen molar-refractivity contribution in [3.63, 3.8) is 0 Å². The third-order valence-corrected chi connectivity index (χ3v) is 6.14. The third-order valence-electron chi connectivity index (χ3n) is 6.14. The lowest BCUT2D eigenvalue weighted by atomic mass is 9.74. The van der Waals surface area contributed by atoms with Gasteiger partial charge in [-0.05, 0) is 47.6 Å². The summed E-state index contributed by atoms with van der Waals surface area (Å²) < 4.78 is 0. The molecule has 5 nitrogen and oxygen atoms in total. The Kier molecular flexibility index (Phi) is 6.12. The van der Waals surface area contributed by atoms with Crippen LogP contribution in [0.25, 0.3) is 11.1 Å². The van der Waals surface area contributed by atoms with Crippen molar-refractivity contribution >= 4 is 11.8 Å². The number of rotatable bonds is 6. The summed E-state index contributed by atoms with van der Waals surface area (Å²) in [5.74, 6) is -0.288. The minimum Gasteiger partial charge on any atom is -0.369 e. The molecule has 1 aliphatic rings. The molecular weight excluding hydrogens is 386 g/mol. The lowest BCUT2D eigenvalue weighted by Gasteiger charge is -2.41. The molecule has 5 heteroatoms. The fraction of sp³-hybridized carbons (Fsp3) is 0.269. The number of carbonyl (C=O) groups excluding carboxylic acids is 2.